The zero-order valence-corrected chi connectivity index (χ0v) is 13.9. The average molecular weight is 322 g/mol. The summed E-state index contributed by atoms with van der Waals surface area (Å²) in [5, 5.41) is 11.4. The van der Waals surface area contributed by atoms with Crippen LogP contribution >= 0.6 is 0 Å². The van der Waals surface area contributed by atoms with Gasteiger partial charge in [0.2, 0.25) is 5.82 Å². The molecule has 0 spiro atoms. The molecular formula is C15H22N4O4. The summed E-state index contributed by atoms with van der Waals surface area (Å²) >= 11 is 0. The molecule has 1 heterocycles. The maximum Gasteiger partial charge on any atom is 0.332 e. The fraction of sp³-hybridized carbons (Fsp3) is 0.667. The van der Waals surface area contributed by atoms with Gasteiger partial charge in [-0.2, -0.15) is 0 Å². The van der Waals surface area contributed by atoms with Crippen LogP contribution in [0, 0.1) is 17.0 Å². The maximum absolute atomic E-state index is 12.6. The summed E-state index contributed by atoms with van der Waals surface area (Å²) in [6.07, 6.45) is 3.28. The number of ether oxygens (including phenoxy) is 1. The largest absolute Gasteiger partial charge is 0.464 e. The van der Waals surface area contributed by atoms with Gasteiger partial charge in [0.15, 0.2) is 0 Å². The number of hydrogen-bond acceptors (Lipinski definition) is 7. The van der Waals surface area contributed by atoms with Crippen molar-refractivity contribution in [2.45, 2.75) is 58.5 Å². The van der Waals surface area contributed by atoms with Crippen molar-refractivity contribution >= 4 is 17.5 Å². The molecule has 0 amide bonds. The minimum atomic E-state index is -0.879. The predicted molar refractivity (Wildman–Crippen MR) is 84.3 cm³/mol. The summed E-state index contributed by atoms with van der Waals surface area (Å²) in [6, 6.07) is -0.146. The molecule has 0 saturated heterocycles. The lowest BCUT2D eigenvalue weighted by molar-refractivity contribution is -0.384. The van der Waals surface area contributed by atoms with E-state index < -0.39 is 10.5 Å². The van der Waals surface area contributed by atoms with Crippen LogP contribution in [0.15, 0.2) is 6.20 Å². The van der Waals surface area contributed by atoms with Gasteiger partial charge >= 0.3 is 11.7 Å². The van der Waals surface area contributed by atoms with Gasteiger partial charge in [-0.3, -0.25) is 10.1 Å². The summed E-state index contributed by atoms with van der Waals surface area (Å²) < 4.78 is 5.24. The van der Waals surface area contributed by atoms with Crippen molar-refractivity contribution in [2.24, 2.45) is 0 Å². The molecule has 0 unspecified atom stereocenters. The second kappa shape index (κ2) is 6.47. The molecule has 1 aromatic rings. The summed E-state index contributed by atoms with van der Waals surface area (Å²) in [4.78, 5) is 33.3. The molecule has 0 N–H and O–H groups in total. The van der Waals surface area contributed by atoms with Crippen molar-refractivity contribution in [1.29, 1.82) is 0 Å². The summed E-state index contributed by atoms with van der Waals surface area (Å²) in [7, 11) is 0. The third kappa shape index (κ3) is 2.97. The lowest BCUT2D eigenvalue weighted by atomic mass is 9.74. The number of nitro groups is 1. The highest BCUT2D eigenvalue weighted by atomic mass is 16.6. The molecule has 23 heavy (non-hydrogen) atoms. The van der Waals surface area contributed by atoms with Crippen LogP contribution in [0.5, 0.6) is 0 Å². The molecule has 0 aromatic carbocycles. The first-order chi connectivity index (χ1) is 10.8. The quantitative estimate of drug-likeness (QED) is 0.450. The Kier molecular flexibility index (Phi) is 4.82. The van der Waals surface area contributed by atoms with E-state index in [4.69, 9.17) is 4.74 Å². The number of hydrogen-bond donors (Lipinski definition) is 0. The molecule has 1 aromatic heterocycles. The molecule has 1 fully saturated rings. The van der Waals surface area contributed by atoms with Gasteiger partial charge in [0, 0.05) is 6.04 Å². The van der Waals surface area contributed by atoms with Gasteiger partial charge in [0.05, 0.1) is 11.5 Å². The van der Waals surface area contributed by atoms with Gasteiger partial charge < -0.3 is 9.64 Å². The Balaban J connectivity index is 2.57. The molecule has 1 aliphatic rings. The van der Waals surface area contributed by atoms with E-state index in [-0.39, 0.29) is 30.1 Å². The Morgan fingerprint density at radius 2 is 2.17 bits per heavy atom. The third-order valence-electron chi connectivity index (χ3n) is 4.11. The monoisotopic (exact) mass is 322 g/mol. The van der Waals surface area contributed by atoms with Gasteiger partial charge in [-0.05, 0) is 47.0 Å². The van der Waals surface area contributed by atoms with E-state index in [2.05, 4.69) is 9.97 Å². The van der Waals surface area contributed by atoms with E-state index in [1.165, 1.54) is 6.20 Å². The van der Waals surface area contributed by atoms with Gasteiger partial charge in [0.25, 0.3) is 0 Å². The van der Waals surface area contributed by atoms with Crippen molar-refractivity contribution in [3.63, 3.8) is 0 Å². The van der Waals surface area contributed by atoms with Crippen LogP contribution in [0.4, 0.5) is 11.5 Å². The first-order valence-corrected chi connectivity index (χ1v) is 7.78. The van der Waals surface area contributed by atoms with E-state index in [1.54, 1.807) is 18.7 Å². The maximum atomic E-state index is 12.6. The standard InChI is InChI=1S/C15H22N4O4/c1-5-23-14(20)15(7-6-8-15)18(10(2)3)13-12(19(21)22)9-16-11(4)17-13/h9-10H,5-8H2,1-4H3. The van der Waals surface area contributed by atoms with Crippen LogP contribution in [-0.2, 0) is 9.53 Å². The number of aryl methyl sites for hydroxylation is 1. The number of anilines is 1. The van der Waals surface area contributed by atoms with Crippen LogP contribution in [0.2, 0.25) is 0 Å². The van der Waals surface area contributed by atoms with Crippen LogP contribution in [-0.4, -0.2) is 39.0 Å². The average Bonchev–Trinajstić information content (AvgIpc) is 2.41. The zero-order chi connectivity index (χ0) is 17.2. The number of carbonyl (C=O) groups excluding carboxylic acids is 1. The van der Waals surface area contributed by atoms with Crippen molar-refractivity contribution in [2.75, 3.05) is 11.5 Å². The Bertz CT molecular complexity index is 613. The second-order valence-electron chi connectivity index (χ2n) is 5.95. The number of rotatable bonds is 6. The third-order valence-corrected chi connectivity index (χ3v) is 4.11. The molecule has 1 saturated carbocycles. The Morgan fingerprint density at radius 3 is 2.61 bits per heavy atom. The zero-order valence-electron chi connectivity index (χ0n) is 13.9. The van der Waals surface area contributed by atoms with Crippen LogP contribution in [0.25, 0.3) is 0 Å². The molecule has 0 bridgehead atoms. The first-order valence-electron chi connectivity index (χ1n) is 7.78. The van der Waals surface area contributed by atoms with Crippen molar-refractivity contribution in [3.05, 3.63) is 22.1 Å². The van der Waals surface area contributed by atoms with Crippen LogP contribution in [0.3, 0.4) is 0 Å². The van der Waals surface area contributed by atoms with E-state index in [1.807, 2.05) is 13.8 Å². The lowest BCUT2D eigenvalue weighted by Crippen LogP contribution is -2.63. The molecule has 2 rings (SSSR count). The predicted octanol–water partition coefficient (Wildman–Crippen LogP) is 2.39. The topological polar surface area (TPSA) is 98.5 Å². The highest BCUT2D eigenvalue weighted by Gasteiger charge is 2.53. The molecule has 8 heteroatoms. The fourth-order valence-electron chi connectivity index (χ4n) is 3.02. The minimum absolute atomic E-state index is 0.146. The van der Waals surface area contributed by atoms with Crippen LogP contribution in [0.1, 0.15) is 45.9 Å². The molecule has 0 radical (unpaired) electrons. The molecule has 0 aliphatic heterocycles. The first kappa shape index (κ1) is 17.1. The van der Waals surface area contributed by atoms with Gasteiger partial charge in [-0.1, -0.05) is 0 Å². The minimum Gasteiger partial charge on any atom is -0.464 e. The highest BCUT2D eigenvalue weighted by Crippen LogP contribution is 2.44. The van der Waals surface area contributed by atoms with Gasteiger partial charge in [-0.15, -0.1) is 0 Å². The summed E-state index contributed by atoms with van der Waals surface area (Å²) in [6.45, 7) is 7.48. The Hall–Kier alpha value is -2.25. The summed E-state index contributed by atoms with van der Waals surface area (Å²) in [5.41, 5.74) is -1.07. The molecule has 8 nitrogen and oxygen atoms in total. The smallest absolute Gasteiger partial charge is 0.332 e. The second-order valence-corrected chi connectivity index (χ2v) is 5.95. The van der Waals surface area contributed by atoms with E-state index in [9.17, 15) is 14.9 Å². The molecule has 126 valence electrons. The van der Waals surface area contributed by atoms with Crippen molar-refractivity contribution in [3.8, 4) is 0 Å². The van der Waals surface area contributed by atoms with Crippen molar-refractivity contribution in [1.82, 2.24) is 9.97 Å². The molecule has 1 aliphatic carbocycles. The number of carbonyl (C=O) groups is 1. The van der Waals surface area contributed by atoms with Gasteiger partial charge in [0.1, 0.15) is 17.6 Å². The molecular weight excluding hydrogens is 300 g/mol. The fourth-order valence-corrected chi connectivity index (χ4v) is 3.02. The SMILES string of the molecule is CCOC(=O)C1(N(c2nc(C)ncc2[N+](=O)[O-])C(C)C)CCC1. The van der Waals surface area contributed by atoms with E-state index in [0.29, 0.717) is 18.7 Å². The Morgan fingerprint density at radius 1 is 1.52 bits per heavy atom. The highest BCUT2D eigenvalue weighted by molar-refractivity contribution is 5.87. The summed E-state index contributed by atoms with van der Waals surface area (Å²) in [5.74, 6) is 0.269. The Labute approximate surface area is 135 Å². The number of aromatic nitrogens is 2. The van der Waals surface area contributed by atoms with Crippen LogP contribution < -0.4 is 4.90 Å². The number of nitrogens with zero attached hydrogens (tertiary/aromatic N) is 4. The van der Waals surface area contributed by atoms with E-state index in [0.717, 1.165) is 6.42 Å². The molecule has 0 atom stereocenters. The normalized spacial score (nSPS) is 15.9. The number of esters is 1. The van der Waals surface area contributed by atoms with Crippen molar-refractivity contribution < 1.29 is 14.5 Å². The lowest BCUT2D eigenvalue weighted by Gasteiger charge is -2.49. The van der Waals surface area contributed by atoms with E-state index >= 15 is 0 Å². The van der Waals surface area contributed by atoms with Gasteiger partial charge in [-0.25, -0.2) is 14.8 Å².